The van der Waals surface area contributed by atoms with Gasteiger partial charge in [-0.3, -0.25) is 0 Å². The zero-order valence-electron chi connectivity index (χ0n) is 9.43. The van der Waals surface area contributed by atoms with E-state index in [-0.39, 0.29) is 12.9 Å². The Balaban J connectivity index is 2.00. The summed E-state index contributed by atoms with van der Waals surface area (Å²) in [7, 11) is 1.74. The van der Waals surface area contributed by atoms with Gasteiger partial charge in [0.2, 0.25) is 0 Å². The molecule has 86 valence electrons. The Bertz CT molecular complexity index is 321. The van der Waals surface area contributed by atoms with Crippen LogP contribution in [0.4, 0.5) is 0 Å². The largest absolute Gasteiger partial charge is 0.508 e. The number of hydrogen-bond donors (Lipinski definition) is 1. The van der Waals surface area contributed by atoms with Gasteiger partial charge < -0.3 is 19.3 Å². The molecule has 0 bridgehead atoms. The topological polar surface area (TPSA) is 41.9 Å². The first kappa shape index (κ1) is 11.5. The first-order chi connectivity index (χ1) is 7.75. The molecule has 16 heavy (non-hydrogen) atoms. The SMILES string of the molecule is CN1CCOB(c2ccc(O)cc2)OCC1. The Morgan fingerprint density at radius 1 is 1.12 bits per heavy atom. The van der Waals surface area contributed by atoms with Crippen LogP contribution in [-0.2, 0) is 9.31 Å². The van der Waals surface area contributed by atoms with E-state index in [4.69, 9.17) is 9.31 Å². The quantitative estimate of drug-likeness (QED) is 0.681. The van der Waals surface area contributed by atoms with Gasteiger partial charge in [-0.05, 0) is 24.6 Å². The van der Waals surface area contributed by atoms with Crippen molar-refractivity contribution in [2.45, 2.75) is 0 Å². The zero-order valence-corrected chi connectivity index (χ0v) is 9.43. The van der Waals surface area contributed by atoms with Crippen LogP contribution in [0.25, 0.3) is 0 Å². The van der Waals surface area contributed by atoms with Crippen molar-refractivity contribution in [2.75, 3.05) is 33.4 Å². The van der Waals surface area contributed by atoms with Gasteiger partial charge in [-0.25, -0.2) is 0 Å². The lowest BCUT2D eigenvalue weighted by atomic mass is 9.78. The summed E-state index contributed by atoms with van der Waals surface area (Å²) >= 11 is 0. The molecule has 4 nitrogen and oxygen atoms in total. The fourth-order valence-corrected chi connectivity index (χ4v) is 1.61. The van der Waals surface area contributed by atoms with Crippen molar-refractivity contribution in [3.63, 3.8) is 0 Å². The van der Waals surface area contributed by atoms with Gasteiger partial charge in [0.15, 0.2) is 0 Å². The molecule has 1 N–H and O–H groups in total. The van der Waals surface area contributed by atoms with Gasteiger partial charge in [0, 0.05) is 26.3 Å². The average molecular weight is 221 g/mol. The standard InChI is InChI=1S/C11H16BNO3/c1-13-6-8-15-12(16-9-7-13)10-2-4-11(14)5-3-10/h2-5,14H,6-9H2,1H3. The third-order valence-corrected chi connectivity index (χ3v) is 2.65. The molecule has 2 rings (SSSR count). The van der Waals surface area contributed by atoms with Crippen molar-refractivity contribution in [1.29, 1.82) is 0 Å². The lowest BCUT2D eigenvalue weighted by molar-refractivity contribution is 0.132. The lowest BCUT2D eigenvalue weighted by Crippen LogP contribution is -2.43. The van der Waals surface area contributed by atoms with Gasteiger partial charge in [0.1, 0.15) is 5.75 Å². The van der Waals surface area contributed by atoms with Gasteiger partial charge in [0.25, 0.3) is 0 Å². The molecule has 1 saturated heterocycles. The predicted molar refractivity (Wildman–Crippen MR) is 62.9 cm³/mol. The Hall–Kier alpha value is -1.04. The van der Waals surface area contributed by atoms with Gasteiger partial charge >= 0.3 is 7.12 Å². The predicted octanol–water partition coefficient (Wildman–Crippen LogP) is 0.0660. The molecule has 1 aliphatic rings. The number of hydrogen-bond acceptors (Lipinski definition) is 4. The number of benzene rings is 1. The van der Waals surface area contributed by atoms with Gasteiger partial charge in [-0.15, -0.1) is 0 Å². The summed E-state index contributed by atoms with van der Waals surface area (Å²) in [6.45, 7) is 3.14. The highest BCUT2D eigenvalue weighted by Gasteiger charge is 2.23. The van der Waals surface area contributed by atoms with Crippen molar-refractivity contribution in [1.82, 2.24) is 4.90 Å². The number of rotatable bonds is 1. The molecule has 0 unspecified atom stereocenters. The molecule has 0 saturated carbocycles. The number of aromatic hydroxyl groups is 1. The van der Waals surface area contributed by atoms with Crippen LogP contribution in [0.2, 0.25) is 0 Å². The van der Waals surface area contributed by atoms with Crippen molar-refractivity contribution < 1.29 is 14.4 Å². The molecule has 0 spiro atoms. The van der Waals surface area contributed by atoms with Crippen LogP contribution in [0.3, 0.4) is 0 Å². The molecule has 0 aromatic heterocycles. The van der Waals surface area contributed by atoms with Crippen molar-refractivity contribution in [2.24, 2.45) is 0 Å². The second-order valence-corrected chi connectivity index (χ2v) is 3.97. The lowest BCUT2D eigenvalue weighted by Gasteiger charge is -2.23. The maximum Gasteiger partial charge on any atom is 0.493 e. The first-order valence-electron chi connectivity index (χ1n) is 5.46. The zero-order chi connectivity index (χ0) is 11.4. The van der Waals surface area contributed by atoms with E-state index < -0.39 is 0 Å². The van der Waals surface area contributed by atoms with Crippen LogP contribution < -0.4 is 5.46 Å². The molecule has 0 radical (unpaired) electrons. The summed E-state index contributed by atoms with van der Waals surface area (Å²) in [5, 5.41) is 9.20. The molecular weight excluding hydrogens is 205 g/mol. The normalized spacial score (nSPS) is 19.2. The van der Waals surface area contributed by atoms with E-state index in [0.717, 1.165) is 18.6 Å². The summed E-state index contributed by atoms with van der Waals surface area (Å²) < 4.78 is 11.3. The van der Waals surface area contributed by atoms with E-state index in [2.05, 4.69) is 4.90 Å². The van der Waals surface area contributed by atoms with Crippen LogP contribution in [0, 0.1) is 0 Å². The summed E-state index contributed by atoms with van der Waals surface area (Å²) in [5.74, 6) is 0.259. The smallest absolute Gasteiger partial charge is 0.493 e. The fraction of sp³-hybridized carbons (Fsp3) is 0.455. The molecular formula is C11H16BNO3. The molecule has 0 amide bonds. The maximum atomic E-state index is 9.20. The van der Waals surface area contributed by atoms with Crippen LogP contribution in [-0.4, -0.2) is 50.5 Å². The Labute approximate surface area is 95.9 Å². The van der Waals surface area contributed by atoms with Crippen molar-refractivity contribution in [3.8, 4) is 5.75 Å². The molecule has 1 aliphatic heterocycles. The highest BCUT2D eigenvalue weighted by atomic mass is 16.6. The highest BCUT2D eigenvalue weighted by Crippen LogP contribution is 2.05. The van der Waals surface area contributed by atoms with Crippen LogP contribution in [0.15, 0.2) is 24.3 Å². The van der Waals surface area contributed by atoms with Gasteiger partial charge in [0.05, 0.1) is 0 Å². The van der Waals surface area contributed by atoms with E-state index in [1.807, 2.05) is 19.2 Å². The van der Waals surface area contributed by atoms with E-state index in [0.29, 0.717) is 13.2 Å². The van der Waals surface area contributed by atoms with Gasteiger partial charge in [-0.2, -0.15) is 0 Å². The molecule has 1 heterocycles. The summed E-state index contributed by atoms with van der Waals surface area (Å²) in [6, 6.07) is 6.94. The molecule has 5 heteroatoms. The third kappa shape index (κ3) is 2.98. The molecule has 0 atom stereocenters. The van der Waals surface area contributed by atoms with E-state index >= 15 is 0 Å². The molecule has 1 aromatic carbocycles. The molecule has 0 aliphatic carbocycles. The molecule has 1 aromatic rings. The summed E-state index contributed by atoms with van der Waals surface area (Å²) in [5.41, 5.74) is 0.947. The minimum Gasteiger partial charge on any atom is -0.508 e. The average Bonchev–Trinajstić information content (AvgIpc) is 2.25. The minimum atomic E-state index is -0.311. The Morgan fingerprint density at radius 2 is 1.69 bits per heavy atom. The van der Waals surface area contributed by atoms with Crippen molar-refractivity contribution >= 4 is 12.6 Å². The van der Waals surface area contributed by atoms with E-state index in [1.165, 1.54) is 0 Å². The number of likely N-dealkylation sites (N-methyl/N-ethyl adjacent to an activating group) is 1. The molecule has 1 fully saturated rings. The second kappa shape index (κ2) is 5.34. The van der Waals surface area contributed by atoms with E-state index in [9.17, 15) is 5.11 Å². The maximum absolute atomic E-state index is 9.20. The van der Waals surface area contributed by atoms with Crippen LogP contribution in [0.1, 0.15) is 0 Å². The monoisotopic (exact) mass is 221 g/mol. The summed E-state index contributed by atoms with van der Waals surface area (Å²) in [6.07, 6.45) is 0. The number of phenols is 1. The Morgan fingerprint density at radius 3 is 2.25 bits per heavy atom. The van der Waals surface area contributed by atoms with Crippen LogP contribution >= 0.6 is 0 Å². The Kier molecular flexibility index (Phi) is 3.82. The third-order valence-electron chi connectivity index (χ3n) is 2.65. The fourth-order valence-electron chi connectivity index (χ4n) is 1.61. The number of phenolic OH excluding ortho intramolecular Hbond substituents is 1. The van der Waals surface area contributed by atoms with Crippen LogP contribution in [0.5, 0.6) is 5.75 Å². The highest BCUT2D eigenvalue weighted by molar-refractivity contribution is 6.61. The minimum absolute atomic E-state index is 0.259. The van der Waals surface area contributed by atoms with Crippen molar-refractivity contribution in [3.05, 3.63) is 24.3 Å². The number of nitrogens with zero attached hydrogens (tertiary/aromatic N) is 1. The van der Waals surface area contributed by atoms with E-state index in [1.54, 1.807) is 12.1 Å². The second-order valence-electron chi connectivity index (χ2n) is 3.97. The summed E-state index contributed by atoms with van der Waals surface area (Å²) in [4.78, 5) is 2.17. The van der Waals surface area contributed by atoms with Gasteiger partial charge in [-0.1, -0.05) is 12.1 Å². The first-order valence-corrected chi connectivity index (χ1v) is 5.46.